The predicted molar refractivity (Wildman–Crippen MR) is 133 cm³/mol. The van der Waals surface area contributed by atoms with E-state index in [1.54, 1.807) is 10.6 Å². The number of anilines is 1. The second kappa shape index (κ2) is 8.22. The number of aryl methyl sites for hydroxylation is 2. The van der Waals surface area contributed by atoms with E-state index in [1.807, 2.05) is 67.6 Å². The van der Waals surface area contributed by atoms with Gasteiger partial charge in [0.1, 0.15) is 16.9 Å². The second-order valence-corrected chi connectivity index (χ2v) is 8.43. The molecule has 164 valence electrons. The molecule has 0 unspecified atom stereocenters. The Hall–Kier alpha value is -3.90. The van der Waals surface area contributed by atoms with Crippen LogP contribution in [-0.4, -0.2) is 20.4 Å². The minimum atomic E-state index is -0.329. The van der Waals surface area contributed by atoms with Crippen molar-refractivity contribution in [2.45, 2.75) is 20.4 Å². The topological polar surface area (TPSA) is 85.8 Å². The summed E-state index contributed by atoms with van der Waals surface area (Å²) in [7, 11) is 0. The first-order valence-corrected chi connectivity index (χ1v) is 11.0. The van der Waals surface area contributed by atoms with Crippen molar-refractivity contribution in [1.82, 2.24) is 19.9 Å². The van der Waals surface area contributed by atoms with Gasteiger partial charge in [0.2, 0.25) is 0 Å². The number of nitrogen functional groups attached to an aromatic ring is 1. The lowest BCUT2D eigenvalue weighted by molar-refractivity contribution is 0.0953. The highest BCUT2D eigenvalue weighted by Crippen LogP contribution is 2.31. The van der Waals surface area contributed by atoms with Crippen molar-refractivity contribution >= 4 is 45.5 Å². The number of hydrogen-bond acceptors (Lipinski definition) is 4. The van der Waals surface area contributed by atoms with Crippen LogP contribution in [0, 0.1) is 13.8 Å². The lowest BCUT2D eigenvalue weighted by Gasteiger charge is -2.10. The molecule has 6 nitrogen and oxygen atoms in total. The highest BCUT2D eigenvalue weighted by Gasteiger charge is 2.25. The van der Waals surface area contributed by atoms with Crippen molar-refractivity contribution in [3.63, 3.8) is 0 Å². The van der Waals surface area contributed by atoms with Crippen LogP contribution >= 0.6 is 11.6 Å². The molecule has 0 aliphatic rings. The van der Waals surface area contributed by atoms with Gasteiger partial charge in [-0.1, -0.05) is 48.0 Å². The molecule has 5 rings (SSSR count). The number of nitrogens with one attached hydrogen (secondary N) is 1. The van der Waals surface area contributed by atoms with Crippen LogP contribution in [0.1, 0.15) is 27.0 Å². The number of nitrogens with zero attached hydrogens (tertiary/aromatic N) is 3. The number of amides is 1. The smallest absolute Gasteiger partial charge is 0.257 e. The largest absolute Gasteiger partial charge is 0.384 e. The number of benzene rings is 3. The van der Waals surface area contributed by atoms with Gasteiger partial charge in [-0.15, -0.1) is 0 Å². The molecule has 3 aromatic carbocycles. The van der Waals surface area contributed by atoms with Crippen molar-refractivity contribution in [2.24, 2.45) is 0 Å². The zero-order chi connectivity index (χ0) is 23.1. The van der Waals surface area contributed by atoms with Gasteiger partial charge in [-0.2, -0.15) is 0 Å². The molecule has 2 heterocycles. The summed E-state index contributed by atoms with van der Waals surface area (Å²) in [6, 6.07) is 21.0. The maximum Gasteiger partial charge on any atom is 0.257 e. The van der Waals surface area contributed by atoms with Crippen LogP contribution in [0.15, 0.2) is 66.7 Å². The van der Waals surface area contributed by atoms with Crippen LogP contribution in [0.2, 0.25) is 5.02 Å². The van der Waals surface area contributed by atoms with Gasteiger partial charge in [-0.25, -0.2) is 9.97 Å². The SMILES string of the molecule is Cc1ccc(-n2c(N)c(C(=O)NCc3ccccc3Cl)c3nc4ccccc4nc32)cc1C. The van der Waals surface area contributed by atoms with E-state index in [0.717, 1.165) is 22.3 Å². The molecule has 0 spiro atoms. The first-order valence-electron chi connectivity index (χ1n) is 10.6. The van der Waals surface area contributed by atoms with Crippen LogP contribution in [0.5, 0.6) is 0 Å². The Morgan fingerprint density at radius 1 is 0.970 bits per heavy atom. The highest BCUT2D eigenvalue weighted by molar-refractivity contribution is 6.31. The Labute approximate surface area is 196 Å². The fraction of sp³-hybridized carbons (Fsp3) is 0.115. The summed E-state index contributed by atoms with van der Waals surface area (Å²) in [5.74, 6) is -0.0372. The Morgan fingerprint density at radius 3 is 2.39 bits per heavy atom. The third-order valence-corrected chi connectivity index (χ3v) is 6.24. The van der Waals surface area contributed by atoms with E-state index in [1.165, 1.54) is 5.56 Å². The molecule has 1 amide bonds. The first kappa shape index (κ1) is 21.0. The summed E-state index contributed by atoms with van der Waals surface area (Å²) in [6.45, 7) is 4.37. The van der Waals surface area contributed by atoms with E-state index >= 15 is 0 Å². The van der Waals surface area contributed by atoms with Gasteiger partial charge in [0.25, 0.3) is 5.91 Å². The number of carbonyl (C=O) groups excluding carboxylic acids is 1. The Morgan fingerprint density at radius 2 is 1.67 bits per heavy atom. The normalized spacial score (nSPS) is 11.2. The average Bonchev–Trinajstić information content (AvgIpc) is 3.09. The molecule has 2 aromatic heterocycles. The van der Waals surface area contributed by atoms with E-state index in [0.29, 0.717) is 33.1 Å². The second-order valence-electron chi connectivity index (χ2n) is 8.02. The number of nitrogens with two attached hydrogens (primary N) is 1. The molecular weight excluding hydrogens is 434 g/mol. The zero-order valence-electron chi connectivity index (χ0n) is 18.3. The van der Waals surface area contributed by atoms with Gasteiger partial charge in [0.05, 0.1) is 11.0 Å². The number of para-hydroxylation sites is 2. The number of halogens is 1. The lowest BCUT2D eigenvalue weighted by atomic mass is 10.1. The highest BCUT2D eigenvalue weighted by atomic mass is 35.5. The van der Waals surface area contributed by atoms with Gasteiger partial charge >= 0.3 is 0 Å². The van der Waals surface area contributed by atoms with E-state index < -0.39 is 0 Å². The van der Waals surface area contributed by atoms with Crippen molar-refractivity contribution in [1.29, 1.82) is 0 Å². The summed E-state index contributed by atoms with van der Waals surface area (Å²) in [5, 5.41) is 3.53. The predicted octanol–water partition coefficient (Wildman–Crippen LogP) is 5.36. The summed E-state index contributed by atoms with van der Waals surface area (Å²) in [5.41, 5.74) is 13.3. The van der Waals surface area contributed by atoms with E-state index in [2.05, 4.69) is 12.2 Å². The average molecular weight is 456 g/mol. The van der Waals surface area contributed by atoms with Crippen molar-refractivity contribution < 1.29 is 4.79 Å². The molecule has 3 N–H and O–H groups in total. The Balaban J connectivity index is 1.68. The van der Waals surface area contributed by atoms with Crippen LogP contribution in [0.3, 0.4) is 0 Å². The summed E-state index contributed by atoms with van der Waals surface area (Å²) < 4.78 is 1.80. The third kappa shape index (κ3) is 3.68. The molecule has 7 heteroatoms. The fourth-order valence-corrected chi connectivity index (χ4v) is 4.12. The first-order chi connectivity index (χ1) is 15.9. The van der Waals surface area contributed by atoms with Crippen LogP contribution < -0.4 is 11.1 Å². The minimum Gasteiger partial charge on any atom is -0.384 e. The standard InChI is InChI=1S/C26H22ClN5O/c1-15-11-12-18(13-16(15)2)32-24(28)22(26(33)29-14-17-7-3-4-8-19(17)27)23-25(32)31-21-10-6-5-9-20(21)30-23/h3-13H,14,28H2,1-2H3,(H,29,33). The monoisotopic (exact) mass is 455 g/mol. The van der Waals surface area contributed by atoms with Gasteiger partial charge in [0.15, 0.2) is 5.65 Å². The van der Waals surface area contributed by atoms with Crippen LogP contribution in [-0.2, 0) is 6.54 Å². The van der Waals surface area contributed by atoms with E-state index in [9.17, 15) is 4.79 Å². The lowest BCUT2D eigenvalue weighted by Crippen LogP contribution is -2.24. The van der Waals surface area contributed by atoms with E-state index in [4.69, 9.17) is 27.3 Å². The third-order valence-electron chi connectivity index (χ3n) is 5.87. The Kier molecular flexibility index (Phi) is 5.23. The molecule has 0 saturated carbocycles. The molecule has 0 aliphatic heterocycles. The fourth-order valence-electron chi connectivity index (χ4n) is 3.92. The number of fused-ring (bicyclic) bond motifs is 2. The number of carbonyl (C=O) groups is 1. The quantitative estimate of drug-likeness (QED) is 0.382. The zero-order valence-corrected chi connectivity index (χ0v) is 19.0. The molecule has 5 aromatic rings. The molecule has 0 bridgehead atoms. The molecular formula is C26H22ClN5O. The molecule has 0 radical (unpaired) electrons. The van der Waals surface area contributed by atoms with Crippen molar-refractivity contribution in [2.75, 3.05) is 5.73 Å². The molecule has 0 fully saturated rings. The minimum absolute atomic E-state index is 0.273. The van der Waals surface area contributed by atoms with Crippen LogP contribution in [0.25, 0.3) is 27.9 Å². The number of hydrogen-bond donors (Lipinski definition) is 2. The van der Waals surface area contributed by atoms with Crippen molar-refractivity contribution in [3.8, 4) is 5.69 Å². The number of aromatic nitrogens is 3. The van der Waals surface area contributed by atoms with Gasteiger partial charge in [-0.05, 0) is 60.9 Å². The number of rotatable bonds is 4. The van der Waals surface area contributed by atoms with Gasteiger partial charge in [0, 0.05) is 17.3 Å². The molecule has 0 saturated heterocycles. The molecule has 0 aliphatic carbocycles. The molecule has 0 atom stereocenters. The maximum atomic E-state index is 13.4. The maximum absolute atomic E-state index is 13.4. The summed E-state index contributed by atoms with van der Waals surface area (Å²) in [6.07, 6.45) is 0. The Bertz CT molecular complexity index is 1540. The van der Waals surface area contributed by atoms with Gasteiger partial charge in [-0.3, -0.25) is 9.36 Å². The van der Waals surface area contributed by atoms with E-state index in [-0.39, 0.29) is 12.5 Å². The summed E-state index contributed by atoms with van der Waals surface area (Å²) >= 11 is 6.25. The van der Waals surface area contributed by atoms with Crippen LogP contribution in [0.4, 0.5) is 5.82 Å². The summed E-state index contributed by atoms with van der Waals surface area (Å²) in [4.78, 5) is 22.9. The van der Waals surface area contributed by atoms with Gasteiger partial charge < -0.3 is 11.1 Å². The van der Waals surface area contributed by atoms with Crippen molar-refractivity contribution in [3.05, 3.63) is 94.0 Å². The molecule has 33 heavy (non-hydrogen) atoms.